The average Bonchev–Trinajstić information content (AvgIpc) is 3.28. The Morgan fingerprint density at radius 3 is 2.50 bits per heavy atom. The predicted octanol–water partition coefficient (Wildman–Crippen LogP) is 5.65. The van der Waals surface area contributed by atoms with Gasteiger partial charge in [-0.15, -0.1) is 0 Å². The summed E-state index contributed by atoms with van der Waals surface area (Å²) in [4.78, 5) is 9.06. The minimum atomic E-state index is -0.624. The number of halogens is 2. The smallest absolute Gasteiger partial charge is 0.225 e. The number of aromatic amines is 1. The van der Waals surface area contributed by atoms with E-state index < -0.39 is 11.6 Å². The van der Waals surface area contributed by atoms with Gasteiger partial charge in [-0.25, -0.2) is 13.8 Å². The largest absolute Gasteiger partial charge is 0.350 e. The second-order valence-corrected chi connectivity index (χ2v) is 7.16. The molecule has 0 saturated carbocycles. The molecule has 2 heterocycles. The third kappa shape index (κ3) is 4.11. The number of hydrogen-bond acceptors (Lipinski definition) is 5. The van der Waals surface area contributed by atoms with E-state index in [0.717, 1.165) is 22.7 Å². The molecule has 0 aliphatic carbocycles. The fraction of sp³-hybridized carbons (Fsp3) is 0.0417. The molecule has 0 spiro atoms. The Hall–Kier alpha value is -4.33. The van der Waals surface area contributed by atoms with Crippen molar-refractivity contribution in [2.75, 3.05) is 10.6 Å². The molecule has 2 aromatic heterocycles. The van der Waals surface area contributed by atoms with Gasteiger partial charge in [0, 0.05) is 29.6 Å². The van der Waals surface area contributed by atoms with E-state index in [1.807, 2.05) is 60.7 Å². The van der Waals surface area contributed by atoms with Crippen LogP contribution < -0.4 is 10.6 Å². The summed E-state index contributed by atoms with van der Waals surface area (Å²) in [6.07, 6.45) is 0. The SMILES string of the molecule is Fc1ccc(CNc2nc(Nc3cc(-c4ccccc4)[nH]n3)c3ccccc3n2)c(F)c1. The summed E-state index contributed by atoms with van der Waals surface area (Å²) >= 11 is 0. The quantitative estimate of drug-likeness (QED) is 0.326. The van der Waals surface area contributed by atoms with Crippen molar-refractivity contribution in [3.8, 4) is 11.3 Å². The van der Waals surface area contributed by atoms with Crippen LogP contribution in [0.1, 0.15) is 5.56 Å². The van der Waals surface area contributed by atoms with Crippen molar-refractivity contribution in [3.05, 3.63) is 96.1 Å². The summed E-state index contributed by atoms with van der Waals surface area (Å²) in [7, 11) is 0. The van der Waals surface area contributed by atoms with Crippen LogP contribution in [-0.4, -0.2) is 20.2 Å². The molecule has 8 heteroatoms. The Kier molecular flexibility index (Phi) is 5.17. The van der Waals surface area contributed by atoms with Crippen molar-refractivity contribution in [2.45, 2.75) is 6.54 Å². The van der Waals surface area contributed by atoms with E-state index >= 15 is 0 Å². The van der Waals surface area contributed by atoms with Gasteiger partial charge in [0.25, 0.3) is 0 Å². The Bertz CT molecular complexity index is 1380. The molecule has 0 unspecified atom stereocenters. The summed E-state index contributed by atoms with van der Waals surface area (Å²) < 4.78 is 27.1. The van der Waals surface area contributed by atoms with Crippen LogP contribution >= 0.6 is 0 Å². The maximum Gasteiger partial charge on any atom is 0.225 e. The van der Waals surface area contributed by atoms with Crippen molar-refractivity contribution in [2.24, 2.45) is 0 Å². The number of anilines is 3. The molecule has 3 aromatic carbocycles. The molecule has 5 rings (SSSR count). The average molecular weight is 428 g/mol. The molecule has 0 bridgehead atoms. The molecule has 0 radical (unpaired) electrons. The molecule has 5 aromatic rings. The maximum atomic E-state index is 14.0. The van der Waals surface area contributed by atoms with E-state index in [2.05, 4.69) is 30.8 Å². The third-order valence-electron chi connectivity index (χ3n) is 4.96. The first-order valence-electron chi connectivity index (χ1n) is 9.98. The van der Waals surface area contributed by atoms with Gasteiger partial charge in [0.1, 0.15) is 17.5 Å². The zero-order valence-corrected chi connectivity index (χ0v) is 16.8. The number of fused-ring (bicyclic) bond motifs is 1. The number of nitrogens with one attached hydrogen (secondary N) is 3. The van der Waals surface area contributed by atoms with E-state index in [1.54, 1.807) is 0 Å². The van der Waals surface area contributed by atoms with Crippen molar-refractivity contribution < 1.29 is 8.78 Å². The maximum absolute atomic E-state index is 14.0. The van der Waals surface area contributed by atoms with Crippen LogP contribution in [0.15, 0.2) is 78.9 Å². The topological polar surface area (TPSA) is 78.5 Å². The lowest BCUT2D eigenvalue weighted by Gasteiger charge is -2.11. The Balaban J connectivity index is 1.43. The molecular formula is C24H18F2N6. The first-order valence-corrected chi connectivity index (χ1v) is 9.98. The van der Waals surface area contributed by atoms with Gasteiger partial charge in [0.05, 0.1) is 11.2 Å². The van der Waals surface area contributed by atoms with Crippen molar-refractivity contribution in [3.63, 3.8) is 0 Å². The van der Waals surface area contributed by atoms with Gasteiger partial charge >= 0.3 is 0 Å². The normalized spacial score (nSPS) is 10.9. The van der Waals surface area contributed by atoms with Crippen LogP contribution in [0.4, 0.5) is 26.4 Å². The van der Waals surface area contributed by atoms with Crippen molar-refractivity contribution in [1.29, 1.82) is 0 Å². The Labute approximate surface area is 182 Å². The van der Waals surface area contributed by atoms with E-state index in [9.17, 15) is 8.78 Å². The molecule has 158 valence electrons. The fourth-order valence-corrected chi connectivity index (χ4v) is 3.36. The molecule has 3 N–H and O–H groups in total. The standard InChI is InChI=1S/C24H18F2N6/c25-17-11-10-16(19(26)12-17)14-27-24-28-20-9-5-4-8-18(20)23(30-24)29-22-13-21(31-32-22)15-6-2-1-3-7-15/h1-13H,14H2,(H3,27,28,29,30,31,32). The van der Waals surface area contributed by atoms with Crippen LogP contribution in [0, 0.1) is 11.6 Å². The van der Waals surface area contributed by atoms with Gasteiger partial charge in [-0.1, -0.05) is 48.5 Å². The highest BCUT2D eigenvalue weighted by Crippen LogP contribution is 2.26. The van der Waals surface area contributed by atoms with Crippen molar-refractivity contribution >= 4 is 28.5 Å². The van der Waals surface area contributed by atoms with Crippen LogP contribution in [0.3, 0.4) is 0 Å². The van der Waals surface area contributed by atoms with Gasteiger partial charge in [-0.2, -0.15) is 10.1 Å². The molecule has 6 nitrogen and oxygen atoms in total. The number of H-pyrrole nitrogens is 1. The fourth-order valence-electron chi connectivity index (χ4n) is 3.36. The lowest BCUT2D eigenvalue weighted by atomic mass is 10.1. The lowest BCUT2D eigenvalue weighted by Crippen LogP contribution is -2.07. The first-order chi connectivity index (χ1) is 15.7. The highest BCUT2D eigenvalue weighted by molar-refractivity contribution is 5.91. The highest BCUT2D eigenvalue weighted by Gasteiger charge is 2.11. The number of benzene rings is 3. The molecule has 32 heavy (non-hydrogen) atoms. The predicted molar refractivity (Wildman–Crippen MR) is 121 cm³/mol. The van der Waals surface area contributed by atoms with Crippen LogP contribution in [-0.2, 0) is 6.54 Å². The molecule has 0 amide bonds. The first kappa shape index (κ1) is 19.6. The molecule has 0 aliphatic rings. The lowest BCUT2D eigenvalue weighted by molar-refractivity contribution is 0.574. The summed E-state index contributed by atoms with van der Waals surface area (Å²) in [6, 6.07) is 22.8. The van der Waals surface area contributed by atoms with E-state index in [4.69, 9.17) is 0 Å². The monoisotopic (exact) mass is 428 g/mol. The summed E-state index contributed by atoms with van der Waals surface area (Å²) in [6.45, 7) is 0.116. The molecule has 0 saturated heterocycles. The van der Waals surface area contributed by atoms with E-state index in [0.29, 0.717) is 28.7 Å². The van der Waals surface area contributed by atoms with Crippen LogP contribution in [0.2, 0.25) is 0 Å². The van der Waals surface area contributed by atoms with Gasteiger partial charge < -0.3 is 10.6 Å². The summed E-state index contributed by atoms with van der Waals surface area (Å²) in [5.41, 5.74) is 2.92. The number of aromatic nitrogens is 4. The number of rotatable bonds is 6. The number of nitrogens with zero attached hydrogens (tertiary/aromatic N) is 3. The minimum Gasteiger partial charge on any atom is -0.350 e. The van der Waals surface area contributed by atoms with Gasteiger partial charge in [-0.3, -0.25) is 5.10 Å². The highest BCUT2D eigenvalue weighted by atomic mass is 19.1. The van der Waals surface area contributed by atoms with Crippen LogP contribution in [0.25, 0.3) is 22.2 Å². The molecular weight excluding hydrogens is 410 g/mol. The van der Waals surface area contributed by atoms with Gasteiger partial charge in [-0.05, 0) is 23.8 Å². The Morgan fingerprint density at radius 1 is 0.844 bits per heavy atom. The van der Waals surface area contributed by atoms with E-state index in [-0.39, 0.29) is 6.54 Å². The third-order valence-corrected chi connectivity index (χ3v) is 4.96. The van der Waals surface area contributed by atoms with Crippen molar-refractivity contribution in [1.82, 2.24) is 20.2 Å². The zero-order chi connectivity index (χ0) is 21.9. The molecule has 0 atom stereocenters. The molecule has 0 aliphatic heterocycles. The van der Waals surface area contributed by atoms with Gasteiger partial charge in [0.2, 0.25) is 5.95 Å². The number of para-hydroxylation sites is 1. The minimum absolute atomic E-state index is 0.116. The zero-order valence-electron chi connectivity index (χ0n) is 16.8. The Morgan fingerprint density at radius 2 is 1.66 bits per heavy atom. The second-order valence-electron chi connectivity index (χ2n) is 7.16. The molecule has 0 fully saturated rings. The summed E-state index contributed by atoms with van der Waals surface area (Å²) in [5.74, 6) is 0.232. The van der Waals surface area contributed by atoms with Gasteiger partial charge in [0.15, 0.2) is 5.82 Å². The van der Waals surface area contributed by atoms with E-state index in [1.165, 1.54) is 12.1 Å². The number of hydrogen-bond donors (Lipinski definition) is 3. The summed E-state index contributed by atoms with van der Waals surface area (Å²) in [5, 5.41) is 14.4. The van der Waals surface area contributed by atoms with Crippen LogP contribution in [0.5, 0.6) is 0 Å². The second kappa shape index (κ2) is 8.43.